The fourth-order valence-corrected chi connectivity index (χ4v) is 4.40. The first-order valence-electron chi connectivity index (χ1n) is 11.7. The maximum absolute atomic E-state index is 12.9. The number of aryl methyl sites for hydroxylation is 1. The maximum atomic E-state index is 12.9. The predicted molar refractivity (Wildman–Crippen MR) is 134 cm³/mol. The fraction of sp³-hybridized carbons (Fsp3) is 0.214. The van der Waals surface area contributed by atoms with E-state index in [1.807, 2.05) is 31.2 Å². The van der Waals surface area contributed by atoms with Crippen molar-refractivity contribution in [3.05, 3.63) is 89.0 Å². The van der Waals surface area contributed by atoms with Crippen LogP contribution in [-0.2, 0) is 16.1 Å². The normalized spacial score (nSPS) is 16.5. The summed E-state index contributed by atoms with van der Waals surface area (Å²) in [7, 11) is 0. The number of nitrogens with one attached hydrogen (secondary N) is 1. The second-order valence-corrected chi connectivity index (χ2v) is 8.96. The lowest BCUT2D eigenvalue weighted by atomic mass is 10.1. The lowest BCUT2D eigenvalue weighted by molar-refractivity contribution is -0.125. The summed E-state index contributed by atoms with van der Waals surface area (Å²) in [5.74, 6) is -0.758. The van der Waals surface area contributed by atoms with Gasteiger partial charge in [0.2, 0.25) is 5.91 Å². The molecule has 182 valence electrons. The van der Waals surface area contributed by atoms with Crippen molar-refractivity contribution in [2.75, 3.05) is 16.8 Å². The molecule has 3 aromatic carbocycles. The first-order chi connectivity index (χ1) is 17.3. The minimum atomic E-state index is -0.622. The zero-order valence-electron chi connectivity index (χ0n) is 20.0. The highest BCUT2D eigenvalue weighted by Crippen LogP contribution is 2.37. The largest absolute Gasteiger partial charge is 0.479 e. The SMILES string of the molecule is Cc1ccc(CN2C(=O)C(C)Oc3ccc(NC(=O)CCN4C(=O)c5ccccc5C4=O)cc32)cc1. The molecule has 8 nitrogen and oxygen atoms in total. The Balaban J connectivity index is 1.29. The van der Waals surface area contributed by atoms with Crippen LogP contribution < -0.4 is 15.0 Å². The second kappa shape index (κ2) is 9.30. The van der Waals surface area contributed by atoms with Gasteiger partial charge in [-0.15, -0.1) is 0 Å². The van der Waals surface area contributed by atoms with E-state index in [0.717, 1.165) is 16.0 Å². The molecule has 0 spiro atoms. The van der Waals surface area contributed by atoms with Crippen LogP contribution in [-0.4, -0.2) is 41.2 Å². The molecule has 2 aliphatic heterocycles. The third-order valence-electron chi connectivity index (χ3n) is 6.35. The van der Waals surface area contributed by atoms with Crippen molar-refractivity contribution < 1.29 is 23.9 Å². The van der Waals surface area contributed by atoms with Crippen LogP contribution in [0.4, 0.5) is 11.4 Å². The minimum Gasteiger partial charge on any atom is -0.479 e. The lowest BCUT2D eigenvalue weighted by Crippen LogP contribution is -2.44. The zero-order chi connectivity index (χ0) is 25.4. The van der Waals surface area contributed by atoms with Gasteiger partial charge in [-0.05, 0) is 49.7 Å². The Morgan fingerprint density at radius 2 is 1.58 bits per heavy atom. The Hall–Kier alpha value is -4.46. The number of anilines is 2. The molecule has 1 N–H and O–H groups in total. The van der Waals surface area contributed by atoms with Gasteiger partial charge in [-0.25, -0.2) is 0 Å². The smallest absolute Gasteiger partial charge is 0.268 e. The van der Waals surface area contributed by atoms with E-state index in [0.29, 0.717) is 34.8 Å². The standard InChI is InChI=1S/C28H25N3O5/c1-17-7-9-19(10-8-17)16-31-23-15-20(11-12-24(23)36-18(2)26(31)33)29-25(32)13-14-30-27(34)21-5-3-4-6-22(21)28(30)35/h3-12,15,18H,13-14,16H2,1-2H3,(H,29,32). The summed E-state index contributed by atoms with van der Waals surface area (Å²) in [5.41, 5.74) is 3.87. The molecule has 8 heteroatoms. The number of ether oxygens (including phenoxy) is 1. The Labute approximate surface area is 208 Å². The van der Waals surface area contributed by atoms with Crippen LogP contribution in [0, 0.1) is 6.92 Å². The number of carbonyl (C=O) groups is 4. The van der Waals surface area contributed by atoms with Crippen molar-refractivity contribution in [1.29, 1.82) is 0 Å². The summed E-state index contributed by atoms with van der Waals surface area (Å²) >= 11 is 0. The zero-order valence-corrected chi connectivity index (χ0v) is 20.0. The molecule has 0 bridgehead atoms. The molecule has 36 heavy (non-hydrogen) atoms. The van der Waals surface area contributed by atoms with Gasteiger partial charge in [0, 0.05) is 18.7 Å². The summed E-state index contributed by atoms with van der Waals surface area (Å²) in [6.45, 7) is 4.06. The molecule has 2 heterocycles. The number of hydrogen-bond donors (Lipinski definition) is 1. The van der Waals surface area contributed by atoms with Crippen molar-refractivity contribution in [2.45, 2.75) is 32.9 Å². The first kappa shape index (κ1) is 23.3. The van der Waals surface area contributed by atoms with Crippen LogP contribution in [0.25, 0.3) is 0 Å². The van der Waals surface area contributed by atoms with Gasteiger partial charge in [0.25, 0.3) is 17.7 Å². The van der Waals surface area contributed by atoms with E-state index in [1.165, 1.54) is 0 Å². The van der Waals surface area contributed by atoms with Crippen molar-refractivity contribution in [2.24, 2.45) is 0 Å². The predicted octanol–water partition coefficient (Wildman–Crippen LogP) is 3.93. The summed E-state index contributed by atoms with van der Waals surface area (Å²) in [6, 6.07) is 19.7. The molecule has 0 saturated carbocycles. The monoisotopic (exact) mass is 483 g/mol. The van der Waals surface area contributed by atoms with Gasteiger partial charge < -0.3 is 15.0 Å². The maximum Gasteiger partial charge on any atom is 0.268 e. The van der Waals surface area contributed by atoms with Crippen LogP contribution in [0.2, 0.25) is 0 Å². The van der Waals surface area contributed by atoms with Gasteiger partial charge in [0.05, 0.1) is 23.4 Å². The molecule has 0 radical (unpaired) electrons. The topological polar surface area (TPSA) is 96.0 Å². The van der Waals surface area contributed by atoms with Gasteiger partial charge in [-0.1, -0.05) is 42.0 Å². The van der Waals surface area contributed by atoms with E-state index in [4.69, 9.17) is 4.74 Å². The van der Waals surface area contributed by atoms with Crippen LogP contribution >= 0.6 is 0 Å². The summed E-state index contributed by atoms with van der Waals surface area (Å²) in [4.78, 5) is 53.4. The molecule has 0 aliphatic carbocycles. The van der Waals surface area contributed by atoms with E-state index in [-0.39, 0.29) is 24.8 Å². The molecule has 0 fully saturated rings. The number of amides is 4. The van der Waals surface area contributed by atoms with E-state index < -0.39 is 17.9 Å². The average Bonchev–Trinajstić information content (AvgIpc) is 3.11. The molecule has 5 rings (SSSR count). The summed E-state index contributed by atoms with van der Waals surface area (Å²) in [5, 5.41) is 2.80. The van der Waals surface area contributed by atoms with Gasteiger partial charge in [0.1, 0.15) is 5.75 Å². The van der Waals surface area contributed by atoms with E-state index in [2.05, 4.69) is 5.32 Å². The quantitative estimate of drug-likeness (QED) is 0.536. The van der Waals surface area contributed by atoms with Crippen molar-refractivity contribution in [1.82, 2.24) is 4.90 Å². The van der Waals surface area contributed by atoms with Crippen LogP contribution in [0.1, 0.15) is 45.2 Å². The van der Waals surface area contributed by atoms with Gasteiger partial charge in [0.15, 0.2) is 6.10 Å². The van der Waals surface area contributed by atoms with Crippen molar-refractivity contribution in [3.63, 3.8) is 0 Å². The molecule has 4 amide bonds. The number of carbonyl (C=O) groups excluding carboxylic acids is 4. The number of rotatable bonds is 6. The van der Waals surface area contributed by atoms with Crippen LogP contribution in [0.3, 0.4) is 0 Å². The number of fused-ring (bicyclic) bond motifs is 2. The molecular weight excluding hydrogens is 458 g/mol. The van der Waals surface area contributed by atoms with Crippen LogP contribution in [0.5, 0.6) is 5.75 Å². The highest BCUT2D eigenvalue weighted by atomic mass is 16.5. The minimum absolute atomic E-state index is 0.0260. The molecule has 0 aromatic heterocycles. The molecular formula is C28H25N3O5. The van der Waals surface area contributed by atoms with Gasteiger partial charge in [-0.2, -0.15) is 0 Å². The van der Waals surface area contributed by atoms with Crippen molar-refractivity contribution in [3.8, 4) is 5.75 Å². The number of benzene rings is 3. The third-order valence-corrected chi connectivity index (χ3v) is 6.35. The van der Waals surface area contributed by atoms with E-state index >= 15 is 0 Å². The molecule has 1 atom stereocenters. The summed E-state index contributed by atoms with van der Waals surface area (Å²) < 4.78 is 5.77. The second-order valence-electron chi connectivity index (χ2n) is 8.96. The summed E-state index contributed by atoms with van der Waals surface area (Å²) in [6.07, 6.45) is -0.676. The van der Waals surface area contributed by atoms with Crippen molar-refractivity contribution >= 4 is 35.0 Å². The Morgan fingerprint density at radius 1 is 0.917 bits per heavy atom. The number of imide groups is 1. The Morgan fingerprint density at radius 3 is 2.25 bits per heavy atom. The number of hydrogen-bond acceptors (Lipinski definition) is 5. The molecule has 1 unspecified atom stereocenters. The van der Waals surface area contributed by atoms with Gasteiger partial charge in [-0.3, -0.25) is 24.1 Å². The van der Waals surface area contributed by atoms with Crippen LogP contribution in [0.15, 0.2) is 66.7 Å². The highest BCUT2D eigenvalue weighted by molar-refractivity contribution is 6.21. The Bertz CT molecular complexity index is 1350. The third kappa shape index (κ3) is 4.33. The fourth-order valence-electron chi connectivity index (χ4n) is 4.40. The Kier molecular flexibility index (Phi) is 6.01. The van der Waals surface area contributed by atoms with E-state index in [9.17, 15) is 19.2 Å². The molecule has 0 saturated heterocycles. The lowest BCUT2D eigenvalue weighted by Gasteiger charge is -2.33. The highest BCUT2D eigenvalue weighted by Gasteiger charge is 2.35. The molecule has 3 aromatic rings. The first-order valence-corrected chi connectivity index (χ1v) is 11.7. The number of nitrogens with zero attached hydrogens (tertiary/aromatic N) is 2. The molecule has 2 aliphatic rings. The van der Waals surface area contributed by atoms with Gasteiger partial charge >= 0.3 is 0 Å². The average molecular weight is 484 g/mol. The van der Waals surface area contributed by atoms with E-state index in [1.54, 1.807) is 54.3 Å².